The minimum absolute atomic E-state index is 0.0156. The summed E-state index contributed by atoms with van der Waals surface area (Å²) in [7, 11) is 1.90. The predicted molar refractivity (Wildman–Crippen MR) is 104 cm³/mol. The molecule has 5 heteroatoms. The van der Waals surface area contributed by atoms with E-state index in [4.69, 9.17) is 10.2 Å². The summed E-state index contributed by atoms with van der Waals surface area (Å²) in [6, 6.07) is 9.58. The van der Waals surface area contributed by atoms with Crippen molar-refractivity contribution in [3.63, 3.8) is 0 Å². The minimum atomic E-state index is -0.225. The van der Waals surface area contributed by atoms with Crippen LogP contribution in [0.4, 0.5) is 0 Å². The second-order valence-electron chi connectivity index (χ2n) is 6.95. The van der Waals surface area contributed by atoms with Crippen molar-refractivity contribution in [1.29, 1.82) is 0 Å². The maximum atomic E-state index is 13.0. The molecule has 2 heterocycles. The molecule has 1 atom stereocenters. The first kappa shape index (κ1) is 16.5. The molecule has 132 valence electrons. The van der Waals surface area contributed by atoms with Gasteiger partial charge in [0.1, 0.15) is 11.3 Å². The van der Waals surface area contributed by atoms with Gasteiger partial charge in [-0.2, -0.15) is 5.10 Å². The van der Waals surface area contributed by atoms with Crippen molar-refractivity contribution in [2.24, 2.45) is 12.8 Å². The van der Waals surface area contributed by atoms with Crippen molar-refractivity contribution < 1.29 is 4.42 Å². The molecule has 0 aliphatic heterocycles. The molecule has 2 aromatic heterocycles. The Hall–Kier alpha value is -2.92. The van der Waals surface area contributed by atoms with Crippen molar-refractivity contribution in [3.05, 3.63) is 63.4 Å². The smallest absolute Gasteiger partial charge is 0.196 e. The number of hydrogen-bond acceptors (Lipinski definition) is 4. The van der Waals surface area contributed by atoms with E-state index in [1.54, 1.807) is 0 Å². The summed E-state index contributed by atoms with van der Waals surface area (Å²) in [5.41, 5.74) is 11.0. The van der Waals surface area contributed by atoms with E-state index in [0.29, 0.717) is 22.3 Å². The van der Waals surface area contributed by atoms with Gasteiger partial charge in [0.05, 0.1) is 17.1 Å². The van der Waals surface area contributed by atoms with Crippen molar-refractivity contribution in [1.82, 2.24) is 9.78 Å². The van der Waals surface area contributed by atoms with Gasteiger partial charge >= 0.3 is 0 Å². The molecular weight excluding hydrogens is 326 g/mol. The lowest BCUT2D eigenvalue weighted by atomic mass is 9.99. The lowest BCUT2D eigenvalue weighted by Gasteiger charge is -2.13. The Bertz CT molecular complexity index is 1220. The van der Waals surface area contributed by atoms with Crippen molar-refractivity contribution in [2.75, 3.05) is 0 Å². The first-order valence-electron chi connectivity index (χ1n) is 8.62. The third-order valence-corrected chi connectivity index (χ3v) is 4.89. The zero-order valence-corrected chi connectivity index (χ0v) is 15.3. The molecular formula is C21H21N3O2. The second kappa shape index (κ2) is 5.81. The summed E-state index contributed by atoms with van der Waals surface area (Å²) in [5, 5.41) is 5.86. The van der Waals surface area contributed by atoms with Crippen LogP contribution in [0.1, 0.15) is 29.7 Å². The van der Waals surface area contributed by atoms with Crippen LogP contribution in [0.3, 0.4) is 0 Å². The largest absolute Gasteiger partial charge is 0.455 e. The Labute approximate surface area is 151 Å². The number of hydrogen-bond donors (Lipinski definition) is 1. The van der Waals surface area contributed by atoms with E-state index < -0.39 is 0 Å². The van der Waals surface area contributed by atoms with Gasteiger partial charge in [0.2, 0.25) is 0 Å². The molecule has 0 amide bonds. The van der Waals surface area contributed by atoms with E-state index in [0.717, 1.165) is 27.6 Å². The van der Waals surface area contributed by atoms with Crippen molar-refractivity contribution >= 4 is 21.9 Å². The van der Waals surface area contributed by atoms with E-state index in [1.807, 2.05) is 69.0 Å². The zero-order chi connectivity index (χ0) is 18.6. The van der Waals surface area contributed by atoms with Crippen LogP contribution in [-0.4, -0.2) is 9.78 Å². The maximum absolute atomic E-state index is 13.0. The molecule has 0 radical (unpaired) electrons. The van der Waals surface area contributed by atoms with E-state index in [2.05, 4.69) is 5.10 Å². The Morgan fingerprint density at radius 2 is 1.96 bits per heavy atom. The molecule has 1 unspecified atom stereocenters. The summed E-state index contributed by atoms with van der Waals surface area (Å²) in [6.07, 6.45) is 1.81. The van der Waals surface area contributed by atoms with E-state index in [9.17, 15) is 4.79 Å². The Morgan fingerprint density at radius 3 is 2.69 bits per heavy atom. The molecule has 0 bridgehead atoms. The molecule has 2 N–H and O–H groups in total. The molecule has 0 aliphatic carbocycles. The fourth-order valence-corrected chi connectivity index (χ4v) is 3.49. The third-order valence-electron chi connectivity index (χ3n) is 4.89. The number of fused-ring (bicyclic) bond motifs is 2. The zero-order valence-electron chi connectivity index (χ0n) is 15.3. The molecule has 0 saturated carbocycles. The summed E-state index contributed by atoms with van der Waals surface area (Å²) in [5.74, 6) is 0.582. The Balaban J connectivity index is 2.05. The normalized spacial score (nSPS) is 12.8. The number of nitrogens with zero attached hydrogens (tertiary/aromatic N) is 2. The van der Waals surface area contributed by atoms with Gasteiger partial charge in [0, 0.05) is 35.2 Å². The van der Waals surface area contributed by atoms with Gasteiger partial charge in [-0.3, -0.25) is 9.48 Å². The quantitative estimate of drug-likeness (QED) is 0.595. The number of aryl methyl sites for hydroxylation is 2. The van der Waals surface area contributed by atoms with Crippen molar-refractivity contribution in [2.45, 2.75) is 26.8 Å². The standard InChI is InChI=1S/C21H21N3O2/c1-11-7-16(13(3)22)21-17(8-11)19(25)12(2)20(26-21)14-5-6-18-15(9-14)10-23-24(18)4/h5-10,13H,22H2,1-4H3. The average Bonchev–Trinajstić information content (AvgIpc) is 2.98. The molecule has 0 saturated heterocycles. The van der Waals surface area contributed by atoms with Crippen LogP contribution in [-0.2, 0) is 7.05 Å². The number of rotatable bonds is 2. The predicted octanol–water partition coefficient (Wildman–Crippen LogP) is 3.98. The molecule has 0 spiro atoms. The summed E-state index contributed by atoms with van der Waals surface area (Å²) in [4.78, 5) is 13.0. The van der Waals surface area contributed by atoms with Crippen molar-refractivity contribution in [3.8, 4) is 11.3 Å². The van der Waals surface area contributed by atoms with E-state index >= 15 is 0 Å². The molecule has 0 aliphatic rings. The van der Waals surface area contributed by atoms with Crippen LogP contribution in [0.5, 0.6) is 0 Å². The van der Waals surface area contributed by atoms with Crippen LogP contribution in [0.2, 0.25) is 0 Å². The highest BCUT2D eigenvalue weighted by molar-refractivity contribution is 5.87. The SMILES string of the molecule is Cc1cc(C(C)N)c2oc(-c3ccc4c(cnn4C)c3)c(C)c(=O)c2c1. The Morgan fingerprint density at radius 1 is 1.19 bits per heavy atom. The number of benzene rings is 2. The summed E-state index contributed by atoms with van der Waals surface area (Å²) >= 11 is 0. The monoisotopic (exact) mass is 347 g/mol. The van der Waals surface area contributed by atoms with E-state index in [1.165, 1.54) is 0 Å². The van der Waals surface area contributed by atoms with Crippen LogP contribution in [0.25, 0.3) is 33.2 Å². The average molecular weight is 347 g/mol. The topological polar surface area (TPSA) is 74.0 Å². The summed E-state index contributed by atoms with van der Waals surface area (Å²) < 4.78 is 8.07. The van der Waals surface area contributed by atoms with Crippen LogP contribution < -0.4 is 11.2 Å². The first-order valence-corrected chi connectivity index (χ1v) is 8.62. The fourth-order valence-electron chi connectivity index (χ4n) is 3.49. The van der Waals surface area contributed by atoms with Crippen LogP contribution >= 0.6 is 0 Å². The molecule has 4 aromatic rings. The molecule has 26 heavy (non-hydrogen) atoms. The second-order valence-corrected chi connectivity index (χ2v) is 6.95. The fraction of sp³-hybridized carbons (Fsp3) is 0.238. The van der Waals surface area contributed by atoms with Gasteiger partial charge in [-0.25, -0.2) is 0 Å². The number of aromatic nitrogens is 2. The van der Waals surface area contributed by atoms with E-state index in [-0.39, 0.29) is 11.5 Å². The van der Waals surface area contributed by atoms with Gasteiger partial charge in [-0.1, -0.05) is 6.07 Å². The van der Waals surface area contributed by atoms with Gasteiger partial charge in [-0.05, 0) is 50.6 Å². The molecule has 0 fully saturated rings. The molecule has 4 rings (SSSR count). The van der Waals surface area contributed by atoms with Gasteiger partial charge < -0.3 is 10.2 Å². The molecule has 2 aromatic carbocycles. The lowest BCUT2D eigenvalue weighted by molar-refractivity contribution is 0.603. The van der Waals surface area contributed by atoms with Gasteiger partial charge in [0.25, 0.3) is 0 Å². The Kier molecular flexibility index (Phi) is 3.70. The number of nitrogens with two attached hydrogens (primary N) is 1. The van der Waals surface area contributed by atoms with Gasteiger partial charge in [-0.15, -0.1) is 0 Å². The summed E-state index contributed by atoms with van der Waals surface area (Å²) in [6.45, 7) is 5.67. The maximum Gasteiger partial charge on any atom is 0.196 e. The highest BCUT2D eigenvalue weighted by Gasteiger charge is 2.17. The third kappa shape index (κ3) is 2.44. The van der Waals surface area contributed by atoms with Crippen LogP contribution in [0.15, 0.2) is 45.7 Å². The first-order chi connectivity index (χ1) is 12.4. The van der Waals surface area contributed by atoms with Crippen LogP contribution in [0, 0.1) is 13.8 Å². The highest BCUT2D eigenvalue weighted by Crippen LogP contribution is 2.31. The minimum Gasteiger partial charge on any atom is -0.455 e. The highest BCUT2D eigenvalue weighted by atomic mass is 16.3. The molecule has 5 nitrogen and oxygen atoms in total. The lowest BCUT2D eigenvalue weighted by Crippen LogP contribution is -2.12. The van der Waals surface area contributed by atoms with Gasteiger partial charge in [0.15, 0.2) is 5.43 Å².